The molecule has 29 heavy (non-hydrogen) atoms. The average Bonchev–Trinajstić information content (AvgIpc) is 3.15. The van der Waals surface area contributed by atoms with E-state index in [1.165, 1.54) is 4.90 Å². The third kappa shape index (κ3) is 3.30. The Bertz CT molecular complexity index is 997. The minimum absolute atomic E-state index is 0.0783. The quantitative estimate of drug-likeness (QED) is 0.801. The molecular weight excluding hydrogens is 370 g/mol. The van der Waals surface area contributed by atoms with Crippen molar-refractivity contribution in [2.24, 2.45) is 11.7 Å². The van der Waals surface area contributed by atoms with Gasteiger partial charge in [-0.25, -0.2) is 0 Å². The molecule has 2 heterocycles. The number of nitrogens with zero attached hydrogens (tertiary/aromatic N) is 2. The number of imide groups is 1. The molecule has 0 saturated carbocycles. The highest BCUT2D eigenvalue weighted by Gasteiger charge is 2.61. The van der Waals surface area contributed by atoms with Crippen molar-refractivity contribution in [2.75, 3.05) is 6.54 Å². The number of likely N-dealkylation sites (tertiary alicyclic amines) is 1. The van der Waals surface area contributed by atoms with Gasteiger partial charge in [-0.1, -0.05) is 36.4 Å². The average molecular weight is 395 g/mol. The van der Waals surface area contributed by atoms with Gasteiger partial charge in [0.15, 0.2) is 6.10 Å². The van der Waals surface area contributed by atoms with E-state index in [9.17, 15) is 14.4 Å². The highest BCUT2D eigenvalue weighted by Crippen LogP contribution is 2.46. The van der Waals surface area contributed by atoms with Gasteiger partial charge in [0, 0.05) is 18.5 Å². The number of hydrogen-bond donors (Lipinski definition) is 1. The van der Waals surface area contributed by atoms with Gasteiger partial charge in [0.1, 0.15) is 0 Å². The smallest absolute Gasteiger partial charge is 0.261 e. The lowest BCUT2D eigenvalue weighted by atomic mass is 9.89. The monoisotopic (exact) mass is 395 g/mol. The highest BCUT2D eigenvalue weighted by molar-refractivity contribution is 6.08. The number of hydroxylamine groups is 2. The predicted octanol–water partition coefficient (Wildman–Crippen LogP) is 2.16. The summed E-state index contributed by atoms with van der Waals surface area (Å²) in [6.07, 6.45) is -0.805. The second kappa shape index (κ2) is 6.93. The Morgan fingerprint density at radius 2 is 1.76 bits per heavy atom. The van der Waals surface area contributed by atoms with Crippen molar-refractivity contribution in [1.82, 2.24) is 9.96 Å². The van der Waals surface area contributed by atoms with Crippen molar-refractivity contribution in [1.29, 1.82) is 0 Å². The van der Waals surface area contributed by atoms with Crippen LogP contribution in [0, 0.1) is 5.92 Å². The van der Waals surface area contributed by atoms with E-state index < -0.39 is 29.5 Å². The third-order valence-electron chi connectivity index (χ3n) is 5.56. The fraction of sp³-hybridized carbons (Fsp3) is 0.409. The number of hydrogen-bond acceptors (Lipinski definition) is 5. The highest BCUT2D eigenvalue weighted by atomic mass is 16.7. The molecule has 0 aliphatic carbocycles. The lowest BCUT2D eigenvalue weighted by Gasteiger charge is -2.33. The number of carbonyl (C=O) groups is 3. The summed E-state index contributed by atoms with van der Waals surface area (Å²) in [5, 5.41) is 3.70. The van der Waals surface area contributed by atoms with Crippen LogP contribution in [-0.4, -0.2) is 45.9 Å². The summed E-state index contributed by atoms with van der Waals surface area (Å²) < 4.78 is 0. The number of benzene rings is 2. The zero-order valence-corrected chi connectivity index (χ0v) is 16.8. The molecule has 2 saturated heterocycles. The minimum Gasteiger partial charge on any atom is -0.370 e. The number of carbonyl (C=O) groups excluding carboxylic acids is 3. The Hall–Kier alpha value is -2.77. The van der Waals surface area contributed by atoms with Gasteiger partial charge >= 0.3 is 0 Å². The summed E-state index contributed by atoms with van der Waals surface area (Å²) in [6.45, 7) is 5.72. The van der Waals surface area contributed by atoms with E-state index in [1.54, 1.807) is 5.06 Å². The Kier molecular flexibility index (Phi) is 4.67. The third-order valence-corrected chi connectivity index (χ3v) is 5.56. The molecule has 2 fully saturated rings. The topological polar surface area (TPSA) is 92.9 Å². The molecule has 7 nitrogen and oxygen atoms in total. The fourth-order valence-electron chi connectivity index (χ4n) is 4.31. The Morgan fingerprint density at radius 1 is 1.07 bits per heavy atom. The fourth-order valence-corrected chi connectivity index (χ4v) is 4.31. The van der Waals surface area contributed by atoms with Crippen molar-refractivity contribution in [3.8, 4) is 0 Å². The molecule has 0 spiro atoms. The number of amides is 3. The van der Waals surface area contributed by atoms with E-state index in [0.29, 0.717) is 0 Å². The van der Waals surface area contributed by atoms with E-state index in [0.717, 1.165) is 16.3 Å². The van der Waals surface area contributed by atoms with Gasteiger partial charge in [0.2, 0.25) is 11.8 Å². The number of primary amides is 1. The molecule has 0 bridgehead atoms. The van der Waals surface area contributed by atoms with Gasteiger partial charge in [-0.3, -0.25) is 24.1 Å². The van der Waals surface area contributed by atoms with Crippen molar-refractivity contribution in [2.45, 2.75) is 44.9 Å². The second-order valence-corrected chi connectivity index (χ2v) is 8.64. The van der Waals surface area contributed by atoms with Crippen molar-refractivity contribution in [3.05, 3.63) is 48.0 Å². The van der Waals surface area contributed by atoms with Gasteiger partial charge in [-0.2, -0.15) is 5.06 Å². The second-order valence-electron chi connectivity index (χ2n) is 8.64. The molecule has 152 valence electrons. The first kappa shape index (κ1) is 19.5. The van der Waals surface area contributed by atoms with Crippen LogP contribution in [0.4, 0.5) is 0 Å². The summed E-state index contributed by atoms with van der Waals surface area (Å²) in [7, 11) is 0. The number of rotatable bonds is 4. The van der Waals surface area contributed by atoms with Crippen LogP contribution in [0.2, 0.25) is 0 Å². The van der Waals surface area contributed by atoms with E-state index in [2.05, 4.69) is 0 Å². The van der Waals surface area contributed by atoms with E-state index in [-0.39, 0.29) is 24.8 Å². The van der Waals surface area contributed by atoms with Gasteiger partial charge in [-0.15, -0.1) is 0 Å². The standard InChI is InChI=1S/C22H25N3O4/c1-22(2,3)25-20(27)17-18(15-9-8-13-6-4-5-7-14(13)12-15)24(11-10-16(23)26)29-19(17)21(25)28/h4-9,12,17-19H,10-11H2,1-3H3,(H2,23,26). The Labute approximate surface area is 169 Å². The summed E-state index contributed by atoms with van der Waals surface area (Å²) in [6, 6.07) is 13.4. The largest absolute Gasteiger partial charge is 0.370 e. The maximum atomic E-state index is 13.3. The normalized spacial score (nSPS) is 25.1. The summed E-state index contributed by atoms with van der Waals surface area (Å²) in [5.41, 5.74) is 5.56. The van der Waals surface area contributed by atoms with Crippen LogP contribution in [0.15, 0.2) is 42.5 Å². The lowest BCUT2D eigenvalue weighted by molar-refractivity contribution is -0.182. The van der Waals surface area contributed by atoms with Crippen LogP contribution < -0.4 is 5.73 Å². The zero-order chi connectivity index (χ0) is 20.9. The molecule has 7 heteroatoms. The van der Waals surface area contributed by atoms with Gasteiger partial charge in [-0.05, 0) is 43.2 Å². The van der Waals surface area contributed by atoms with Gasteiger partial charge in [0.25, 0.3) is 5.91 Å². The number of fused-ring (bicyclic) bond motifs is 2. The van der Waals surface area contributed by atoms with E-state index >= 15 is 0 Å². The first-order valence-corrected chi connectivity index (χ1v) is 9.77. The summed E-state index contributed by atoms with van der Waals surface area (Å²) >= 11 is 0. The number of nitrogens with two attached hydrogens (primary N) is 1. The van der Waals surface area contributed by atoms with Crippen LogP contribution in [0.5, 0.6) is 0 Å². The van der Waals surface area contributed by atoms with Gasteiger partial charge in [0.05, 0.1) is 12.0 Å². The van der Waals surface area contributed by atoms with Crippen LogP contribution in [0.3, 0.4) is 0 Å². The van der Waals surface area contributed by atoms with Crippen molar-refractivity contribution < 1.29 is 19.2 Å². The molecule has 2 aliphatic heterocycles. The van der Waals surface area contributed by atoms with Crippen LogP contribution in [0.1, 0.15) is 38.8 Å². The molecule has 2 N–H and O–H groups in total. The maximum Gasteiger partial charge on any atom is 0.261 e. The summed E-state index contributed by atoms with van der Waals surface area (Å²) in [4.78, 5) is 44.8. The van der Waals surface area contributed by atoms with E-state index in [4.69, 9.17) is 10.6 Å². The minimum atomic E-state index is -0.883. The Morgan fingerprint density at radius 3 is 2.41 bits per heavy atom. The first-order valence-electron chi connectivity index (χ1n) is 9.77. The molecule has 3 atom stereocenters. The predicted molar refractivity (Wildman–Crippen MR) is 107 cm³/mol. The molecule has 2 aromatic rings. The molecule has 0 aromatic heterocycles. The molecule has 4 rings (SSSR count). The van der Waals surface area contributed by atoms with Gasteiger partial charge < -0.3 is 5.73 Å². The Balaban J connectivity index is 1.76. The zero-order valence-electron chi connectivity index (χ0n) is 16.8. The molecule has 2 aromatic carbocycles. The first-order chi connectivity index (χ1) is 13.7. The maximum absolute atomic E-state index is 13.3. The van der Waals surface area contributed by atoms with Crippen LogP contribution in [-0.2, 0) is 19.2 Å². The lowest BCUT2D eigenvalue weighted by Crippen LogP contribution is -2.48. The van der Waals surface area contributed by atoms with Crippen LogP contribution in [0.25, 0.3) is 10.8 Å². The molecular formula is C22H25N3O4. The molecule has 3 amide bonds. The van der Waals surface area contributed by atoms with Crippen molar-refractivity contribution in [3.63, 3.8) is 0 Å². The molecule has 2 aliphatic rings. The van der Waals surface area contributed by atoms with Crippen LogP contribution >= 0.6 is 0 Å². The molecule has 3 unspecified atom stereocenters. The SMILES string of the molecule is CC(C)(C)N1C(=O)C2ON(CCC(N)=O)C(c3ccc4ccccc4c3)C2C1=O. The van der Waals surface area contributed by atoms with Crippen molar-refractivity contribution >= 4 is 28.5 Å². The summed E-state index contributed by atoms with van der Waals surface area (Å²) in [5.74, 6) is -1.69. The van der Waals surface area contributed by atoms with E-state index in [1.807, 2.05) is 63.2 Å². The molecule has 0 radical (unpaired) electrons.